The molecule has 0 aliphatic carbocycles. The number of nitrogens with zero attached hydrogens (tertiary/aromatic N) is 2. The lowest BCUT2D eigenvalue weighted by Gasteiger charge is -2.12. The maximum atomic E-state index is 13.9. The fraction of sp³-hybridized carbons (Fsp3) is 0.267. The molecule has 1 heterocycles. The summed E-state index contributed by atoms with van der Waals surface area (Å²) in [6, 6.07) is 9.64. The van der Waals surface area contributed by atoms with Gasteiger partial charge in [0, 0.05) is 18.7 Å². The van der Waals surface area contributed by atoms with Crippen molar-refractivity contribution < 1.29 is 8.78 Å². The second-order valence-electron chi connectivity index (χ2n) is 4.86. The van der Waals surface area contributed by atoms with Crippen LogP contribution in [0.15, 0.2) is 36.4 Å². The first-order valence-corrected chi connectivity index (χ1v) is 6.33. The topological polar surface area (TPSA) is 28.2 Å². The van der Waals surface area contributed by atoms with E-state index in [0.29, 0.717) is 24.5 Å². The number of halogens is 2. The molecular weight excluding hydrogens is 260 g/mol. The van der Waals surface area contributed by atoms with Crippen LogP contribution in [0, 0.1) is 11.8 Å². The third-order valence-electron chi connectivity index (χ3n) is 2.79. The Kier molecular flexibility index (Phi) is 4.63. The first-order chi connectivity index (χ1) is 9.54. The molecule has 0 aliphatic rings. The molecule has 3 nitrogen and oxygen atoms in total. The van der Waals surface area contributed by atoms with E-state index in [-0.39, 0.29) is 5.82 Å². The van der Waals surface area contributed by atoms with E-state index in [9.17, 15) is 8.78 Å². The normalized spacial score (nSPS) is 10.8. The second kappa shape index (κ2) is 6.43. The van der Waals surface area contributed by atoms with Crippen molar-refractivity contribution in [2.75, 3.05) is 19.4 Å². The SMILES string of the molecule is CN(C)Cc1ccc(CNc2cccc(F)n2)cc1F. The van der Waals surface area contributed by atoms with Crippen molar-refractivity contribution in [1.29, 1.82) is 0 Å². The zero-order valence-electron chi connectivity index (χ0n) is 11.5. The van der Waals surface area contributed by atoms with E-state index < -0.39 is 5.95 Å². The van der Waals surface area contributed by atoms with Gasteiger partial charge in [-0.2, -0.15) is 4.39 Å². The lowest BCUT2D eigenvalue weighted by molar-refractivity contribution is 0.392. The van der Waals surface area contributed by atoms with E-state index in [4.69, 9.17) is 0 Å². The maximum Gasteiger partial charge on any atom is 0.214 e. The molecule has 1 N–H and O–H groups in total. The quantitative estimate of drug-likeness (QED) is 0.851. The maximum absolute atomic E-state index is 13.9. The van der Waals surface area contributed by atoms with Crippen LogP contribution >= 0.6 is 0 Å². The molecule has 0 fully saturated rings. The van der Waals surface area contributed by atoms with Crippen LogP contribution < -0.4 is 5.32 Å². The molecule has 0 saturated carbocycles. The van der Waals surface area contributed by atoms with Gasteiger partial charge in [-0.15, -0.1) is 0 Å². The largest absolute Gasteiger partial charge is 0.366 e. The van der Waals surface area contributed by atoms with Crippen molar-refractivity contribution >= 4 is 5.82 Å². The Balaban J connectivity index is 2.02. The van der Waals surface area contributed by atoms with Crippen molar-refractivity contribution in [2.45, 2.75) is 13.1 Å². The molecule has 5 heteroatoms. The molecule has 0 aliphatic heterocycles. The van der Waals surface area contributed by atoms with Crippen molar-refractivity contribution in [3.8, 4) is 0 Å². The molecule has 0 spiro atoms. The summed E-state index contributed by atoms with van der Waals surface area (Å²) < 4.78 is 26.8. The van der Waals surface area contributed by atoms with Crippen LogP contribution in [0.25, 0.3) is 0 Å². The van der Waals surface area contributed by atoms with E-state index in [1.807, 2.05) is 25.1 Å². The highest BCUT2D eigenvalue weighted by Gasteiger charge is 2.05. The van der Waals surface area contributed by atoms with Gasteiger partial charge in [-0.3, -0.25) is 0 Å². The molecule has 0 atom stereocenters. The predicted molar refractivity (Wildman–Crippen MR) is 75.3 cm³/mol. The molecule has 106 valence electrons. The van der Waals surface area contributed by atoms with Gasteiger partial charge in [0.15, 0.2) is 0 Å². The minimum atomic E-state index is -0.539. The van der Waals surface area contributed by atoms with E-state index in [1.54, 1.807) is 18.2 Å². The average molecular weight is 277 g/mol. The second-order valence-corrected chi connectivity index (χ2v) is 4.86. The summed E-state index contributed by atoms with van der Waals surface area (Å²) >= 11 is 0. The van der Waals surface area contributed by atoms with Gasteiger partial charge in [-0.25, -0.2) is 9.37 Å². The predicted octanol–water partition coefficient (Wildman–Crippen LogP) is 3.03. The molecule has 0 unspecified atom stereocenters. The van der Waals surface area contributed by atoms with Gasteiger partial charge in [0.1, 0.15) is 11.6 Å². The lowest BCUT2D eigenvalue weighted by Crippen LogP contribution is -2.12. The minimum absolute atomic E-state index is 0.231. The lowest BCUT2D eigenvalue weighted by atomic mass is 10.1. The standard InChI is InChI=1S/C15H17F2N3/c1-20(2)10-12-7-6-11(8-13(12)16)9-18-15-5-3-4-14(17)19-15/h3-8H,9-10H2,1-2H3,(H,18,19). The number of hydrogen-bond acceptors (Lipinski definition) is 3. The van der Waals surface area contributed by atoms with Gasteiger partial charge in [-0.05, 0) is 37.9 Å². The van der Waals surface area contributed by atoms with Crippen LogP contribution in [-0.4, -0.2) is 24.0 Å². The summed E-state index contributed by atoms with van der Waals surface area (Å²) in [6.07, 6.45) is 0. The number of rotatable bonds is 5. The number of hydrogen-bond donors (Lipinski definition) is 1. The first-order valence-electron chi connectivity index (χ1n) is 6.33. The number of anilines is 1. The molecular formula is C15H17F2N3. The third-order valence-corrected chi connectivity index (χ3v) is 2.79. The zero-order valence-corrected chi connectivity index (χ0v) is 11.5. The number of pyridine rings is 1. The number of aromatic nitrogens is 1. The summed E-state index contributed by atoms with van der Waals surface area (Å²) in [6.45, 7) is 0.959. The molecule has 1 aromatic heterocycles. The molecule has 0 saturated heterocycles. The summed E-state index contributed by atoms with van der Waals surface area (Å²) in [4.78, 5) is 5.60. The van der Waals surface area contributed by atoms with Gasteiger partial charge in [0.05, 0.1) is 0 Å². The Hall–Kier alpha value is -2.01. The highest BCUT2D eigenvalue weighted by Crippen LogP contribution is 2.13. The molecule has 0 bridgehead atoms. The summed E-state index contributed by atoms with van der Waals surface area (Å²) in [7, 11) is 3.79. The fourth-order valence-electron chi connectivity index (χ4n) is 1.87. The minimum Gasteiger partial charge on any atom is -0.366 e. The third kappa shape index (κ3) is 3.99. The van der Waals surface area contributed by atoms with E-state index in [0.717, 1.165) is 5.56 Å². The van der Waals surface area contributed by atoms with Crippen molar-refractivity contribution in [3.63, 3.8) is 0 Å². The summed E-state index contributed by atoms with van der Waals surface area (Å²) in [5.41, 5.74) is 1.44. The smallest absolute Gasteiger partial charge is 0.214 e. The molecule has 0 amide bonds. The number of nitrogens with one attached hydrogen (secondary N) is 1. The van der Waals surface area contributed by atoms with Crippen molar-refractivity contribution in [1.82, 2.24) is 9.88 Å². The van der Waals surface area contributed by atoms with Crippen LogP contribution in [0.2, 0.25) is 0 Å². The average Bonchev–Trinajstić information content (AvgIpc) is 2.39. The Labute approximate surface area is 117 Å². The number of benzene rings is 1. The molecule has 1 aromatic carbocycles. The highest BCUT2D eigenvalue weighted by atomic mass is 19.1. The molecule has 2 rings (SSSR count). The van der Waals surface area contributed by atoms with Crippen LogP contribution in [-0.2, 0) is 13.1 Å². The van der Waals surface area contributed by atoms with Crippen LogP contribution in [0.5, 0.6) is 0 Å². The first kappa shape index (κ1) is 14.4. The monoisotopic (exact) mass is 277 g/mol. The van der Waals surface area contributed by atoms with Gasteiger partial charge in [0.25, 0.3) is 0 Å². The Morgan fingerprint density at radius 3 is 2.60 bits per heavy atom. The van der Waals surface area contributed by atoms with Crippen molar-refractivity contribution in [2.24, 2.45) is 0 Å². The summed E-state index contributed by atoms with van der Waals surface area (Å²) in [5, 5.41) is 2.96. The van der Waals surface area contributed by atoms with Crippen LogP contribution in [0.3, 0.4) is 0 Å². The Bertz CT molecular complexity index is 585. The van der Waals surface area contributed by atoms with Crippen LogP contribution in [0.4, 0.5) is 14.6 Å². The van der Waals surface area contributed by atoms with Gasteiger partial charge < -0.3 is 10.2 Å². The van der Waals surface area contributed by atoms with E-state index in [2.05, 4.69) is 10.3 Å². The van der Waals surface area contributed by atoms with Gasteiger partial charge in [-0.1, -0.05) is 18.2 Å². The van der Waals surface area contributed by atoms with Gasteiger partial charge in [0.2, 0.25) is 5.95 Å². The van der Waals surface area contributed by atoms with E-state index >= 15 is 0 Å². The molecule has 2 aromatic rings. The zero-order chi connectivity index (χ0) is 14.5. The van der Waals surface area contributed by atoms with Gasteiger partial charge >= 0.3 is 0 Å². The molecule has 0 radical (unpaired) electrons. The Morgan fingerprint density at radius 1 is 1.15 bits per heavy atom. The Morgan fingerprint density at radius 2 is 1.95 bits per heavy atom. The highest BCUT2D eigenvalue weighted by molar-refractivity contribution is 5.35. The molecule has 20 heavy (non-hydrogen) atoms. The van der Waals surface area contributed by atoms with Crippen LogP contribution in [0.1, 0.15) is 11.1 Å². The van der Waals surface area contributed by atoms with E-state index in [1.165, 1.54) is 12.1 Å². The summed E-state index contributed by atoms with van der Waals surface area (Å²) in [5.74, 6) is -0.338. The fourth-order valence-corrected chi connectivity index (χ4v) is 1.87. The van der Waals surface area contributed by atoms with Crippen molar-refractivity contribution in [3.05, 3.63) is 59.3 Å².